The number of rotatable bonds is 7. The van der Waals surface area contributed by atoms with Gasteiger partial charge in [0.1, 0.15) is 24.5 Å². The van der Waals surface area contributed by atoms with Crippen molar-refractivity contribution in [2.75, 3.05) is 30.8 Å². The second-order valence-electron chi connectivity index (χ2n) is 8.21. The van der Waals surface area contributed by atoms with Gasteiger partial charge in [0.05, 0.1) is 24.4 Å². The van der Waals surface area contributed by atoms with Crippen molar-refractivity contribution < 1.29 is 14.3 Å². The van der Waals surface area contributed by atoms with Crippen LogP contribution in [0.2, 0.25) is 0 Å². The summed E-state index contributed by atoms with van der Waals surface area (Å²) < 4.78 is 12.0. The summed E-state index contributed by atoms with van der Waals surface area (Å²) >= 11 is 3.50. The molecule has 0 bridgehead atoms. The first-order valence-corrected chi connectivity index (χ1v) is 12.0. The van der Waals surface area contributed by atoms with Crippen LogP contribution in [0.3, 0.4) is 0 Å². The van der Waals surface area contributed by atoms with E-state index in [1.165, 1.54) is 6.33 Å². The van der Waals surface area contributed by atoms with Gasteiger partial charge in [-0.1, -0.05) is 52.3 Å². The summed E-state index contributed by atoms with van der Waals surface area (Å²) in [7, 11) is 1.63. The van der Waals surface area contributed by atoms with E-state index in [0.29, 0.717) is 24.7 Å². The fourth-order valence-corrected chi connectivity index (χ4v) is 4.32. The lowest BCUT2D eigenvalue weighted by Gasteiger charge is -2.39. The summed E-state index contributed by atoms with van der Waals surface area (Å²) in [4.78, 5) is 22.9. The fourth-order valence-electron chi connectivity index (χ4n) is 3.92. The Bertz CT molecular complexity index is 1350. The Labute approximate surface area is 211 Å². The molecule has 1 fully saturated rings. The van der Waals surface area contributed by atoms with Crippen LogP contribution in [0.25, 0.3) is 10.9 Å². The van der Waals surface area contributed by atoms with Gasteiger partial charge in [-0.25, -0.2) is 14.8 Å². The number of hydrogen-bond acceptors (Lipinski definition) is 7. The van der Waals surface area contributed by atoms with E-state index in [2.05, 4.69) is 36.5 Å². The number of carbonyl (C=O) groups excluding carboxylic acids is 1. The molecule has 2 heterocycles. The van der Waals surface area contributed by atoms with Crippen LogP contribution in [0.5, 0.6) is 5.75 Å². The van der Waals surface area contributed by atoms with E-state index in [9.17, 15) is 4.79 Å². The number of methoxy groups -OCH3 is 1. The molecule has 3 aromatic carbocycles. The van der Waals surface area contributed by atoms with Gasteiger partial charge in [0.2, 0.25) is 0 Å². The van der Waals surface area contributed by atoms with Crippen molar-refractivity contribution in [1.29, 1.82) is 0 Å². The Morgan fingerprint density at radius 3 is 2.69 bits per heavy atom. The van der Waals surface area contributed by atoms with Crippen molar-refractivity contribution in [3.63, 3.8) is 0 Å². The molecule has 9 heteroatoms. The molecule has 0 radical (unpaired) electrons. The Hall–Kier alpha value is -3.85. The fraction of sp³-hybridized carbons (Fsp3) is 0.192. The smallest absolute Gasteiger partial charge is 0.410 e. The maximum atomic E-state index is 12.4. The third-order valence-electron chi connectivity index (χ3n) is 5.75. The Morgan fingerprint density at radius 1 is 1.09 bits per heavy atom. The molecule has 5 rings (SSSR count). The average Bonchev–Trinajstić information content (AvgIpc) is 2.85. The van der Waals surface area contributed by atoms with Gasteiger partial charge >= 0.3 is 6.09 Å². The number of aromatic nitrogens is 2. The molecule has 35 heavy (non-hydrogen) atoms. The monoisotopic (exact) mass is 533 g/mol. The lowest BCUT2D eigenvalue weighted by Crippen LogP contribution is -2.57. The van der Waals surface area contributed by atoms with Gasteiger partial charge in [0.15, 0.2) is 0 Å². The molecule has 0 unspecified atom stereocenters. The van der Waals surface area contributed by atoms with Gasteiger partial charge in [-0.05, 0) is 29.8 Å². The molecule has 178 valence electrons. The minimum absolute atomic E-state index is 0.0803. The minimum atomic E-state index is -0.314. The first kappa shape index (κ1) is 22.9. The number of fused-ring (bicyclic) bond motifs is 1. The van der Waals surface area contributed by atoms with Crippen LogP contribution in [0.4, 0.5) is 22.0 Å². The van der Waals surface area contributed by atoms with Crippen LogP contribution in [0.1, 0.15) is 5.56 Å². The topological polar surface area (TPSA) is 88.6 Å². The van der Waals surface area contributed by atoms with Crippen LogP contribution < -0.4 is 15.4 Å². The number of nitrogens with zero attached hydrogens (tertiary/aromatic N) is 3. The van der Waals surface area contributed by atoms with Gasteiger partial charge in [0, 0.05) is 34.7 Å². The van der Waals surface area contributed by atoms with E-state index < -0.39 is 0 Å². The number of likely N-dealkylation sites (tertiary alicyclic amines) is 1. The zero-order valence-electron chi connectivity index (χ0n) is 19.1. The van der Waals surface area contributed by atoms with E-state index in [4.69, 9.17) is 9.47 Å². The highest BCUT2D eigenvalue weighted by molar-refractivity contribution is 9.10. The third-order valence-corrected chi connectivity index (χ3v) is 6.24. The number of anilines is 3. The third kappa shape index (κ3) is 5.30. The average molecular weight is 534 g/mol. The van der Waals surface area contributed by atoms with Crippen molar-refractivity contribution >= 4 is 50.1 Å². The molecule has 1 aliphatic rings. The molecule has 2 N–H and O–H groups in total. The highest BCUT2D eigenvalue weighted by atomic mass is 79.9. The Morgan fingerprint density at radius 2 is 1.91 bits per heavy atom. The standard InChI is InChI=1S/C26H24BrN5O3/c1-34-24-12-22-21(25(29-16-28-22)31-19-9-5-8-18(27)10-19)11-23(24)30-20-13-32(14-20)26(33)35-15-17-6-3-2-4-7-17/h2-12,16,20,30H,13-15H2,1H3,(H,28,29,31). The lowest BCUT2D eigenvalue weighted by atomic mass is 10.1. The number of benzene rings is 3. The predicted molar refractivity (Wildman–Crippen MR) is 139 cm³/mol. The molecule has 4 aromatic rings. The van der Waals surface area contributed by atoms with Crippen molar-refractivity contribution in [2.24, 2.45) is 0 Å². The molecule has 0 saturated carbocycles. The lowest BCUT2D eigenvalue weighted by molar-refractivity contribution is 0.0705. The number of halogens is 1. The quantitative estimate of drug-likeness (QED) is 0.320. The maximum Gasteiger partial charge on any atom is 0.410 e. The van der Waals surface area contributed by atoms with Gasteiger partial charge in [0.25, 0.3) is 0 Å². The summed E-state index contributed by atoms with van der Waals surface area (Å²) in [6.07, 6.45) is 1.21. The first-order chi connectivity index (χ1) is 17.1. The zero-order valence-corrected chi connectivity index (χ0v) is 20.7. The van der Waals surface area contributed by atoms with Crippen LogP contribution in [0.15, 0.2) is 77.5 Å². The summed E-state index contributed by atoms with van der Waals surface area (Å²) in [6.45, 7) is 1.35. The van der Waals surface area contributed by atoms with Crippen molar-refractivity contribution in [2.45, 2.75) is 12.6 Å². The normalized spacial score (nSPS) is 13.3. The summed E-state index contributed by atoms with van der Waals surface area (Å²) in [5, 5.41) is 7.70. The number of carbonyl (C=O) groups is 1. The van der Waals surface area contributed by atoms with E-state index in [0.717, 1.165) is 32.3 Å². The first-order valence-electron chi connectivity index (χ1n) is 11.2. The second-order valence-corrected chi connectivity index (χ2v) is 9.13. The molecule has 0 spiro atoms. The minimum Gasteiger partial charge on any atom is -0.495 e. The molecular formula is C26H24BrN5O3. The number of amides is 1. The Kier molecular flexibility index (Phi) is 6.67. The van der Waals surface area contributed by atoms with Crippen molar-refractivity contribution in [3.05, 3.63) is 83.1 Å². The highest BCUT2D eigenvalue weighted by Gasteiger charge is 2.32. The van der Waals surface area contributed by atoms with E-state index in [1.54, 1.807) is 12.0 Å². The second kappa shape index (κ2) is 10.2. The van der Waals surface area contributed by atoms with Crippen molar-refractivity contribution in [1.82, 2.24) is 14.9 Å². The SMILES string of the molecule is COc1cc2ncnc(Nc3cccc(Br)c3)c2cc1NC1CN(C(=O)OCc2ccccc2)C1. The number of ether oxygens (including phenoxy) is 2. The molecule has 8 nitrogen and oxygen atoms in total. The summed E-state index contributed by atoms with van der Waals surface area (Å²) in [5.74, 6) is 1.37. The van der Waals surface area contributed by atoms with E-state index >= 15 is 0 Å². The van der Waals surface area contributed by atoms with E-state index in [-0.39, 0.29) is 18.7 Å². The molecule has 1 saturated heterocycles. The zero-order chi connectivity index (χ0) is 24.2. The molecular weight excluding hydrogens is 510 g/mol. The molecule has 1 aromatic heterocycles. The van der Waals surface area contributed by atoms with Crippen LogP contribution in [-0.2, 0) is 11.3 Å². The van der Waals surface area contributed by atoms with Gasteiger partial charge < -0.3 is 25.0 Å². The number of hydrogen-bond donors (Lipinski definition) is 2. The van der Waals surface area contributed by atoms with Gasteiger partial charge in [-0.3, -0.25) is 0 Å². The van der Waals surface area contributed by atoms with Crippen LogP contribution in [-0.4, -0.2) is 47.2 Å². The molecule has 0 aliphatic carbocycles. The molecule has 1 aliphatic heterocycles. The van der Waals surface area contributed by atoms with Crippen LogP contribution >= 0.6 is 15.9 Å². The summed E-state index contributed by atoms with van der Waals surface area (Å²) in [5.41, 5.74) is 3.45. The largest absolute Gasteiger partial charge is 0.495 e. The maximum absolute atomic E-state index is 12.4. The summed E-state index contributed by atoms with van der Waals surface area (Å²) in [6, 6.07) is 21.5. The van der Waals surface area contributed by atoms with Gasteiger partial charge in [-0.15, -0.1) is 0 Å². The van der Waals surface area contributed by atoms with Crippen molar-refractivity contribution in [3.8, 4) is 5.75 Å². The molecule has 0 atom stereocenters. The predicted octanol–water partition coefficient (Wildman–Crippen LogP) is 5.58. The highest BCUT2D eigenvalue weighted by Crippen LogP contribution is 2.34. The van der Waals surface area contributed by atoms with Gasteiger partial charge in [-0.2, -0.15) is 0 Å². The van der Waals surface area contributed by atoms with E-state index in [1.807, 2.05) is 66.7 Å². The van der Waals surface area contributed by atoms with Crippen LogP contribution in [0, 0.1) is 0 Å². The number of nitrogens with one attached hydrogen (secondary N) is 2. The Balaban J connectivity index is 1.27. The molecule has 1 amide bonds.